The highest BCUT2D eigenvalue weighted by molar-refractivity contribution is 5.94. The Balaban J connectivity index is 0.00000180. The number of nitrogens with zero attached hydrogens (tertiary/aromatic N) is 1. The summed E-state index contributed by atoms with van der Waals surface area (Å²) in [5, 5.41) is 0. The van der Waals surface area contributed by atoms with Crippen molar-refractivity contribution < 1.29 is 13.6 Å². The van der Waals surface area contributed by atoms with Gasteiger partial charge in [0.25, 0.3) is 5.91 Å². The highest BCUT2D eigenvalue weighted by Gasteiger charge is 2.33. The maximum atomic E-state index is 13.5. The molecule has 1 aliphatic heterocycles. The van der Waals surface area contributed by atoms with Gasteiger partial charge in [0.15, 0.2) is 0 Å². The highest BCUT2D eigenvalue weighted by Crippen LogP contribution is 2.25. The Hall–Kier alpha value is -1.20. The third-order valence-electron chi connectivity index (χ3n) is 3.41. The number of halogens is 3. The quantitative estimate of drug-likeness (QED) is 0.907. The van der Waals surface area contributed by atoms with Crippen LogP contribution in [0.5, 0.6) is 0 Å². The van der Waals surface area contributed by atoms with Gasteiger partial charge in [-0.15, -0.1) is 12.4 Å². The number of amides is 1. The first-order valence-electron chi connectivity index (χ1n) is 5.99. The van der Waals surface area contributed by atoms with Gasteiger partial charge in [0.2, 0.25) is 0 Å². The minimum absolute atomic E-state index is 0. The van der Waals surface area contributed by atoms with Crippen molar-refractivity contribution in [3.63, 3.8) is 0 Å². The fourth-order valence-electron chi connectivity index (χ4n) is 2.41. The molecule has 1 amide bonds. The molecule has 3 nitrogen and oxygen atoms in total. The van der Waals surface area contributed by atoms with Crippen molar-refractivity contribution in [1.29, 1.82) is 0 Å². The number of hydrogen-bond donors (Lipinski definition) is 1. The molecule has 0 radical (unpaired) electrons. The van der Waals surface area contributed by atoms with E-state index in [2.05, 4.69) is 0 Å². The van der Waals surface area contributed by atoms with Crippen LogP contribution in [-0.2, 0) is 0 Å². The fourth-order valence-corrected chi connectivity index (χ4v) is 2.41. The number of carbonyl (C=O) groups is 1. The lowest BCUT2D eigenvalue weighted by molar-refractivity contribution is 0.0738. The number of benzene rings is 1. The molecule has 2 rings (SSSR count). The number of nitrogens with two attached hydrogens (primary N) is 1. The molecule has 0 aliphatic carbocycles. The molecule has 2 N–H and O–H groups in total. The zero-order valence-corrected chi connectivity index (χ0v) is 11.4. The van der Waals surface area contributed by atoms with E-state index in [0.717, 1.165) is 24.6 Å². The average molecular weight is 291 g/mol. The Morgan fingerprint density at radius 1 is 1.47 bits per heavy atom. The largest absolute Gasteiger partial charge is 0.336 e. The predicted octanol–water partition coefficient (Wildman–Crippen LogP) is 2.20. The van der Waals surface area contributed by atoms with Gasteiger partial charge < -0.3 is 10.6 Å². The lowest BCUT2D eigenvalue weighted by atomic mass is 10.1. The molecule has 0 saturated carbocycles. The zero-order valence-electron chi connectivity index (χ0n) is 10.6. The summed E-state index contributed by atoms with van der Waals surface area (Å²) < 4.78 is 26.6. The lowest BCUT2D eigenvalue weighted by Crippen LogP contribution is -2.35. The van der Waals surface area contributed by atoms with Crippen LogP contribution in [0.2, 0.25) is 0 Å². The van der Waals surface area contributed by atoms with E-state index < -0.39 is 17.5 Å². The summed E-state index contributed by atoms with van der Waals surface area (Å²) in [5.41, 5.74) is 5.37. The third kappa shape index (κ3) is 3.22. The van der Waals surface area contributed by atoms with Crippen LogP contribution >= 0.6 is 12.4 Å². The molecule has 1 saturated heterocycles. The smallest absolute Gasteiger partial charge is 0.257 e. The molecule has 1 aliphatic rings. The Kier molecular flexibility index (Phi) is 5.26. The Morgan fingerprint density at radius 2 is 2.16 bits per heavy atom. The summed E-state index contributed by atoms with van der Waals surface area (Å²) in [6, 6.07) is 2.93. The summed E-state index contributed by atoms with van der Waals surface area (Å²) >= 11 is 0. The van der Waals surface area contributed by atoms with E-state index in [4.69, 9.17) is 5.73 Å². The average Bonchev–Trinajstić information content (AvgIpc) is 2.73. The summed E-state index contributed by atoms with van der Waals surface area (Å²) in [5.74, 6) is -1.53. The Bertz CT molecular complexity index is 470. The van der Waals surface area contributed by atoms with Crippen molar-refractivity contribution >= 4 is 18.3 Å². The van der Waals surface area contributed by atoms with E-state index in [-0.39, 0.29) is 29.9 Å². The monoisotopic (exact) mass is 290 g/mol. The molecule has 1 fully saturated rings. The molecular formula is C13H17ClF2N2O. The molecule has 106 valence electrons. The van der Waals surface area contributed by atoms with Gasteiger partial charge in [-0.25, -0.2) is 8.78 Å². The van der Waals surface area contributed by atoms with E-state index in [1.54, 1.807) is 4.90 Å². The van der Waals surface area contributed by atoms with Crippen LogP contribution in [0.25, 0.3) is 0 Å². The minimum Gasteiger partial charge on any atom is -0.336 e. The van der Waals surface area contributed by atoms with Gasteiger partial charge in [0, 0.05) is 12.6 Å². The van der Waals surface area contributed by atoms with Crippen molar-refractivity contribution in [2.24, 2.45) is 11.7 Å². The number of rotatable bonds is 2. The first-order chi connectivity index (χ1) is 8.52. The van der Waals surface area contributed by atoms with E-state index in [9.17, 15) is 13.6 Å². The van der Waals surface area contributed by atoms with Crippen LogP contribution in [-0.4, -0.2) is 29.9 Å². The molecular weight excluding hydrogens is 274 g/mol. The normalized spacial score (nSPS) is 22.2. The summed E-state index contributed by atoms with van der Waals surface area (Å²) in [7, 11) is 0. The molecule has 6 heteroatoms. The maximum absolute atomic E-state index is 13.5. The van der Waals surface area contributed by atoms with Gasteiger partial charge >= 0.3 is 0 Å². The minimum atomic E-state index is -0.690. The molecule has 1 aromatic carbocycles. The molecule has 2 unspecified atom stereocenters. The SMILES string of the molecule is CC1CC(CN)CN1C(=O)c1cc(F)ccc1F.Cl. The van der Waals surface area contributed by atoms with Crippen molar-refractivity contribution in [2.45, 2.75) is 19.4 Å². The number of hydrogen-bond acceptors (Lipinski definition) is 2. The third-order valence-corrected chi connectivity index (χ3v) is 3.41. The van der Waals surface area contributed by atoms with Crippen LogP contribution in [0.3, 0.4) is 0 Å². The second-order valence-electron chi connectivity index (χ2n) is 4.77. The van der Waals surface area contributed by atoms with Crippen LogP contribution in [0.1, 0.15) is 23.7 Å². The Labute approximate surface area is 117 Å². The second kappa shape index (κ2) is 6.30. The van der Waals surface area contributed by atoms with E-state index in [1.165, 1.54) is 0 Å². The molecule has 0 aromatic heterocycles. The van der Waals surface area contributed by atoms with Crippen molar-refractivity contribution in [2.75, 3.05) is 13.1 Å². The summed E-state index contributed by atoms with van der Waals surface area (Å²) in [6.45, 7) is 2.90. The van der Waals surface area contributed by atoms with E-state index in [1.807, 2.05) is 6.92 Å². The van der Waals surface area contributed by atoms with Gasteiger partial charge in [0.1, 0.15) is 11.6 Å². The van der Waals surface area contributed by atoms with Crippen molar-refractivity contribution in [3.8, 4) is 0 Å². The Morgan fingerprint density at radius 3 is 2.74 bits per heavy atom. The number of carbonyl (C=O) groups excluding carboxylic acids is 1. The molecule has 0 bridgehead atoms. The van der Waals surface area contributed by atoms with Gasteiger partial charge in [-0.05, 0) is 44.0 Å². The predicted molar refractivity (Wildman–Crippen MR) is 71.3 cm³/mol. The maximum Gasteiger partial charge on any atom is 0.257 e. The van der Waals surface area contributed by atoms with Gasteiger partial charge in [-0.3, -0.25) is 4.79 Å². The van der Waals surface area contributed by atoms with Crippen LogP contribution in [0.15, 0.2) is 18.2 Å². The first kappa shape index (κ1) is 15.9. The van der Waals surface area contributed by atoms with Gasteiger partial charge in [0.05, 0.1) is 5.56 Å². The van der Waals surface area contributed by atoms with Crippen molar-refractivity contribution in [3.05, 3.63) is 35.4 Å². The first-order valence-corrected chi connectivity index (χ1v) is 5.99. The molecule has 19 heavy (non-hydrogen) atoms. The van der Waals surface area contributed by atoms with E-state index >= 15 is 0 Å². The summed E-state index contributed by atoms with van der Waals surface area (Å²) in [4.78, 5) is 13.7. The second-order valence-corrected chi connectivity index (χ2v) is 4.77. The van der Waals surface area contributed by atoms with Crippen LogP contribution < -0.4 is 5.73 Å². The standard InChI is InChI=1S/C13H16F2N2O.ClH/c1-8-4-9(6-16)7-17(8)13(18)11-5-10(14)2-3-12(11)15;/h2-3,5,8-9H,4,6-7,16H2,1H3;1H. The zero-order chi connectivity index (χ0) is 13.3. The van der Waals surface area contributed by atoms with Gasteiger partial charge in [-0.1, -0.05) is 0 Å². The molecule has 1 heterocycles. The van der Waals surface area contributed by atoms with E-state index in [0.29, 0.717) is 13.1 Å². The number of likely N-dealkylation sites (tertiary alicyclic amines) is 1. The topological polar surface area (TPSA) is 46.3 Å². The van der Waals surface area contributed by atoms with Crippen LogP contribution in [0, 0.1) is 17.6 Å². The molecule has 0 spiro atoms. The highest BCUT2D eigenvalue weighted by atomic mass is 35.5. The van der Waals surface area contributed by atoms with Crippen LogP contribution in [0.4, 0.5) is 8.78 Å². The lowest BCUT2D eigenvalue weighted by Gasteiger charge is -2.21. The summed E-state index contributed by atoms with van der Waals surface area (Å²) in [6.07, 6.45) is 0.805. The van der Waals surface area contributed by atoms with Gasteiger partial charge in [-0.2, -0.15) is 0 Å². The molecule has 1 aromatic rings. The van der Waals surface area contributed by atoms with Crippen molar-refractivity contribution in [1.82, 2.24) is 4.90 Å². The fraction of sp³-hybridized carbons (Fsp3) is 0.462. The molecule has 2 atom stereocenters.